The van der Waals surface area contributed by atoms with Crippen LogP contribution in [0.2, 0.25) is 0 Å². The van der Waals surface area contributed by atoms with Gasteiger partial charge in [0.05, 0.1) is 0 Å². The Morgan fingerprint density at radius 3 is 2.40 bits per heavy atom. The van der Waals surface area contributed by atoms with Gasteiger partial charge in [-0.05, 0) is 43.5 Å². The van der Waals surface area contributed by atoms with Crippen LogP contribution in [0, 0.1) is 5.82 Å². The van der Waals surface area contributed by atoms with Crippen LogP contribution in [0.3, 0.4) is 0 Å². The monoisotopic (exact) mass is 335 g/mol. The molecule has 0 radical (unpaired) electrons. The predicted molar refractivity (Wildman–Crippen MR) is 85.3 cm³/mol. The zero-order valence-corrected chi connectivity index (χ0v) is 13.3. The first kappa shape index (κ1) is 15.2. The van der Waals surface area contributed by atoms with E-state index in [9.17, 15) is 4.39 Å². The lowest BCUT2D eigenvalue weighted by Gasteiger charge is -2.21. The first-order chi connectivity index (χ1) is 9.58. The van der Waals surface area contributed by atoms with Crippen molar-refractivity contribution in [3.63, 3.8) is 0 Å². The zero-order valence-electron chi connectivity index (χ0n) is 11.7. The molecule has 2 atom stereocenters. The van der Waals surface area contributed by atoms with Crippen LogP contribution in [0.1, 0.15) is 31.0 Å². The fourth-order valence-corrected chi connectivity index (χ4v) is 3.02. The molecule has 0 fully saturated rings. The summed E-state index contributed by atoms with van der Waals surface area (Å²) in [5.74, 6) is -0.130. The van der Waals surface area contributed by atoms with Gasteiger partial charge in [-0.2, -0.15) is 0 Å². The van der Waals surface area contributed by atoms with Crippen molar-refractivity contribution < 1.29 is 4.39 Å². The van der Waals surface area contributed by atoms with Crippen LogP contribution < -0.4 is 5.32 Å². The largest absolute Gasteiger partial charge is 0.307 e. The van der Waals surface area contributed by atoms with Crippen LogP contribution in [0.5, 0.6) is 0 Å². The topological polar surface area (TPSA) is 12.0 Å². The first-order valence-electron chi connectivity index (χ1n) is 6.82. The molecule has 106 valence electrons. The molecular formula is C17H19BrFN. The van der Waals surface area contributed by atoms with Gasteiger partial charge in [0.25, 0.3) is 0 Å². The highest BCUT2D eigenvalue weighted by Gasteiger charge is 2.13. The Balaban J connectivity index is 2.00. The maximum absolute atomic E-state index is 13.6. The minimum Gasteiger partial charge on any atom is -0.307 e. The van der Waals surface area contributed by atoms with Crippen LogP contribution >= 0.6 is 15.9 Å². The Morgan fingerprint density at radius 1 is 1.05 bits per heavy atom. The summed E-state index contributed by atoms with van der Waals surface area (Å²) in [6.07, 6.45) is 0.682. The molecule has 0 aliphatic rings. The molecule has 0 saturated heterocycles. The molecule has 0 amide bonds. The summed E-state index contributed by atoms with van der Waals surface area (Å²) in [7, 11) is 0. The maximum Gasteiger partial charge on any atom is 0.126 e. The summed E-state index contributed by atoms with van der Waals surface area (Å²) < 4.78 is 14.7. The van der Waals surface area contributed by atoms with Gasteiger partial charge < -0.3 is 5.32 Å². The number of halogens is 2. The minimum atomic E-state index is -0.130. The quantitative estimate of drug-likeness (QED) is 0.821. The van der Waals surface area contributed by atoms with Gasteiger partial charge in [-0.3, -0.25) is 0 Å². The van der Waals surface area contributed by atoms with E-state index in [0.717, 1.165) is 10.0 Å². The van der Waals surface area contributed by atoms with Crippen molar-refractivity contribution >= 4 is 15.9 Å². The summed E-state index contributed by atoms with van der Waals surface area (Å²) in [5, 5.41) is 3.52. The second-order valence-corrected chi connectivity index (χ2v) is 5.96. The minimum absolute atomic E-state index is 0.130. The van der Waals surface area contributed by atoms with Crippen LogP contribution in [0.4, 0.5) is 4.39 Å². The van der Waals surface area contributed by atoms with E-state index in [0.29, 0.717) is 6.42 Å². The Morgan fingerprint density at radius 2 is 1.70 bits per heavy atom. The summed E-state index contributed by atoms with van der Waals surface area (Å²) >= 11 is 3.57. The third kappa shape index (κ3) is 3.90. The highest BCUT2D eigenvalue weighted by molar-refractivity contribution is 9.10. The Labute approximate surface area is 128 Å². The van der Waals surface area contributed by atoms with Gasteiger partial charge in [-0.25, -0.2) is 4.39 Å². The number of rotatable bonds is 5. The molecule has 0 saturated carbocycles. The first-order valence-corrected chi connectivity index (χ1v) is 7.61. The third-order valence-corrected chi connectivity index (χ3v) is 4.11. The molecule has 0 aromatic heterocycles. The molecule has 2 rings (SSSR count). The second-order valence-electron chi connectivity index (χ2n) is 5.11. The van der Waals surface area contributed by atoms with Gasteiger partial charge in [0, 0.05) is 16.6 Å². The molecular weight excluding hydrogens is 317 g/mol. The van der Waals surface area contributed by atoms with Gasteiger partial charge in [-0.15, -0.1) is 0 Å². The summed E-state index contributed by atoms with van der Waals surface area (Å²) in [5.41, 5.74) is 1.97. The molecule has 1 N–H and O–H groups in total. The summed E-state index contributed by atoms with van der Waals surface area (Å²) in [4.78, 5) is 0. The molecule has 0 bridgehead atoms. The lowest BCUT2D eigenvalue weighted by molar-refractivity contribution is 0.468. The van der Waals surface area contributed by atoms with Gasteiger partial charge in [-0.1, -0.05) is 52.3 Å². The van der Waals surface area contributed by atoms with E-state index in [1.165, 1.54) is 11.6 Å². The van der Waals surface area contributed by atoms with Crippen molar-refractivity contribution in [1.82, 2.24) is 5.32 Å². The molecule has 0 heterocycles. The van der Waals surface area contributed by atoms with E-state index in [1.807, 2.05) is 30.3 Å². The molecule has 2 aromatic carbocycles. The molecule has 1 unspecified atom stereocenters. The Bertz CT molecular complexity index is 570. The van der Waals surface area contributed by atoms with E-state index in [1.54, 1.807) is 6.07 Å². The highest BCUT2D eigenvalue weighted by atomic mass is 79.9. The number of benzene rings is 2. The van der Waals surface area contributed by atoms with Crippen molar-refractivity contribution in [3.8, 4) is 0 Å². The fourth-order valence-electron chi connectivity index (χ4n) is 2.40. The summed E-state index contributed by atoms with van der Waals surface area (Å²) in [6, 6.07) is 15.5. The lowest BCUT2D eigenvalue weighted by Crippen LogP contribution is -2.31. The fraction of sp³-hybridized carbons (Fsp3) is 0.294. The smallest absolute Gasteiger partial charge is 0.126 e. The van der Waals surface area contributed by atoms with E-state index in [-0.39, 0.29) is 17.9 Å². The SMILES string of the molecule is CC(Cc1ccccc1F)N[C@@H](C)c1ccccc1Br. The third-order valence-electron chi connectivity index (χ3n) is 3.39. The van der Waals surface area contributed by atoms with Gasteiger partial charge in [0.1, 0.15) is 5.82 Å². The van der Waals surface area contributed by atoms with Crippen molar-refractivity contribution in [2.24, 2.45) is 0 Å². The summed E-state index contributed by atoms with van der Waals surface area (Å²) in [6.45, 7) is 4.21. The zero-order chi connectivity index (χ0) is 14.5. The van der Waals surface area contributed by atoms with Crippen molar-refractivity contribution in [3.05, 3.63) is 69.9 Å². The Hall–Kier alpha value is -1.19. The maximum atomic E-state index is 13.6. The van der Waals surface area contributed by atoms with Crippen LogP contribution in [-0.4, -0.2) is 6.04 Å². The van der Waals surface area contributed by atoms with Crippen molar-refractivity contribution in [1.29, 1.82) is 0 Å². The van der Waals surface area contributed by atoms with Crippen LogP contribution in [0.15, 0.2) is 53.0 Å². The molecule has 3 heteroatoms. The highest BCUT2D eigenvalue weighted by Crippen LogP contribution is 2.23. The average molecular weight is 336 g/mol. The predicted octanol–water partition coefficient (Wildman–Crippen LogP) is 4.87. The number of nitrogens with one attached hydrogen (secondary N) is 1. The molecule has 20 heavy (non-hydrogen) atoms. The van der Waals surface area contributed by atoms with E-state index in [4.69, 9.17) is 0 Å². The van der Waals surface area contributed by atoms with E-state index >= 15 is 0 Å². The normalized spacial score (nSPS) is 14.0. The van der Waals surface area contributed by atoms with E-state index < -0.39 is 0 Å². The van der Waals surface area contributed by atoms with Crippen molar-refractivity contribution in [2.45, 2.75) is 32.4 Å². The molecule has 0 aliphatic heterocycles. The average Bonchev–Trinajstić information content (AvgIpc) is 2.41. The number of hydrogen-bond donors (Lipinski definition) is 1. The van der Waals surface area contributed by atoms with Gasteiger partial charge in [0.15, 0.2) is 0 Å². The standard InChI is InChI=1S/C17H19BrFN/c1-12(11-14-7-3-6-10-17(14)19)20-13(2)15-8-4-5-9-16(15)18/h3-10,12-13,20H,11H2,1-2H3/t12?,13-/m0/s1. The van der Waals surface area contributed by atoms with Crippen molar-refractivity contribution in [2.75, 3.05) is 0 Å². The molecule has 1 nitrogen and oxygen atoms in total. The second kappa shape index (κ2) is 7.00. The molecule has 2 aromatic rings. The molecule has 0 aliphatic carbocycles. The Kier molecular flexibility index (Phi) is 5.32. The lowest BCUT2D eigenvalue weighted by atomic mass is 10.0. The van der Waals surface area contributed by atoms with Gasteiger partial charge >= 0.3 is 0 Å². The van der Waals surface area contributed by atoms with Crippen LogP contribution in [0.25, 0.3) is 0 Å². The molecule has 0 spiro atoms. The van der Waals surface area contributed by atoms with E-state index in [2.05, 4.69) is 41.2 Å². The number of hydrogen-bond acceptors (Lipinski definition) is 1. The van der Waals surface area contributed by atoms with Gasteiger partial charge in [0.2, 0.25) is 0 Å². The van der Waals surface area contributed by atoms with Crippen LogP contribution in [-0.2, 0) is 6.42 Å².